The Morgan fingerprint density at radius 1 is 0.870 bits per heavy atom. The first-order chi connectivity index (χ1) is 20.7. The number of hydrogen-bond acceptors (Lipinski definition) is 0. The second kappa shape index (κ2) is 14.9. The molecule has 0 amide bonds. The third kappa shape index (κ3) is 6.38. The summed E-state index contributed by atoms with van der Waals surface area (Å²) < 4.78 is 1.51. The number of rotatable bonds is 1. The molecule has 46 heavy (non-hydrogen) atoms. The standard InChI is InChI=1S/C29H37.C11H15.C3H6.2ClH.Zr/c1-18-25-22-17-19-13-9-10-14-20(19)24(22)21-15-11-12-16-23(21)29(25,8)28(6,7)27(4,5)26(18,2)3;1-2-6-10(7-3-1)11-8-4-5-9-11;1-3-2;;;/h9-11,13-15,23H,12,16-17H2,1-8H3;4-5,8-10H,1-3,6-7H2;1-2H3;2*1H;/q2*-1;;;;+2/p-2. The van der Waals surface area contributed by atoms with Crippen LogP contribution in [0.3, 0.4) is 0 Å². The Morgan fingerprint density at radius 2 is 1.50 bits per heavy atom. The SMILES string of the molecule is C[C-]1C2=C3Cc4ccccc4C3=C3C=CCCC3C2(C)C(C)(C)C(C)(C)C1(C)C.C[C](C)=[Zr+2].[Cl-].[Cl-].c1cc(C2CCCCC2)c[cH-]1. The molecule has 2 unspecified atom stereocenters. The van der Waals surface area contributed by atoms with Gasteiger partial charge in [0, 0.05) is 0 Å². The van der Waals surface area contributed by atoms with Crippen LogP contribution in [0.1, 0.15) is 137 Å². The normalized spacial score (nSPS) is 26.4. The molecule has 2 aromatic rings. The zero-order valence-electron chi connectivity index (χ0n) is 30.3. The van der Waals surface area contributed by atoms with Crippen LogP contribution in [0.15, 0.2) is 77.4 Å². The van der Waals surface area contributed by atoms with Crippen LogP contribution in [-0.2, 0) is 30.7 Å². The van der Waals surface area contributed by atoms with Crippen molar-refractivity contribution in [2.45, 2.75) is 127 Å². The number of fused-ring (bicyclic) bond motifs is 6. The van der Waals surface area contributed by atoms with Crippen molar-refractivity contribution in [1.82, 2.24) is 0 Å². The summed E-state index contributed by atoms with van der Waals surface area (Å²) in [6.07, 6.45) is 15.7. The Bertz CT molecular complexity index is 1450. The van der Waals surface area contributed by atoms with Crippen molar-refractivity contribution in [2.75, 3.05) is 0 Å². The molecule has 5 aliphatic carbocycles. The third-order valence-electron chi connectivity index (χ3n) is 13.6. The molecule has 3 heteroatoms. The van der Waals surface area contributed by atoms with Gasteiger partial charge in [0.25, 0.3) is 0 Å². The molecule has 0 heterocycles. The molecule has 0 saturated heterocycles. The summed E-state index contributed by atoms with van der Waals surface area (Å²) in [7, 11) is 0. The predicted octanol–water partition coefficient (Wildman–Crippen LogP) is 6.17. The Labute approximate surface area is 309 Å². The van der Waals surface area contributed by atoms with Gasteiger partial charge in [0.2, 0.25) is 0 Å². The molecule has 250 valence electrons. The first-order valence-electron chi connectivity index (χ1n) is 17.5. The quantitative estimate of drug-likeness (QED) is 0.308. The zero-order chi connectivity index (χ0) is 32.1. The van der Waals surface area contributed by atoms with E-state index in [1.54, 1.807) is 58.0 Å². The van der Waals surface area contributed by atoms with Crippen LogP contribution in [0.5, 0.6) is 0 Å². The topological polar surface area (TPSA) is 0 Å². The second-order valence-electron chi connectivity index (χ2n) is 16.3. The molecule has 2 aromatic carbocycles. The molecule has 2 fully saturated rings. The Balaban J connectivity index is 0.000000283. The first-order valence-corrected chi connectivity index (χ1v) is 18.7. The molecule has 5 aliphatic rings. The van der Waals surface area contributed by atoms with Crippen LogP contribution in [0.2, 0.25) is 0 Å². The molecule has 7 rings (SSSR count). The van der Waals surface area contributed by atoms with E-state index in [1.807, 2.05) is 0 Å². The van der Waals surface area contributed by atoms with Crippen molar-refractivity contribution < 1.29 is 49.0 Å². The molecule has 0 aliphatic heterocycles. The fourth-order valence-electron chi connectivity index (χ4n) is 9.67. The minimum atomic E-state index is 0. The largest absolute Gasteiger partial charge is 1.00 e. The van der Waals surface area contributed by atoms with E-state index in [9.17, 15) is 0 Å². The molecule has 0 N–H and O–H groups in total. The van der Waals surface area contributed by atoms with Gasteiger partial charge in [-0.25, -0.2) is 12.0 Å². The van der Waals surface area contributed by atoms with Crippen molar-refractivity contribution in [1.29, 1.82) is 0 Å². The van der Waals surface area contributed by atoms with Crippen LogP contribution in [-0.4, -0.2) is 3.21 Å². The maximum absolute atomic E-state index is 2.62. The fraction of sp³-hybridized carbons (Fsp3) is 0.558. The molecule has 2 saturated carbocycles. The summed E-state index contributed by atoms with van der Waals surface area (Å²) >= 11 is 1.55. The number of hydrogen-bond donors (Lipinski definition) is 0. The summed E-state index contributed by atoms with van der Waals surface area (Å²) in [4.78, 5) is 0. The predicted molar refractivity (Wildman–Crippen MR) is 189 cm³/mol. The molecule has 2 atom stereocenters. The minimum absolute atomic E-state index is 0. The van der Waals surface area contributed by atoms with Crippen LogP contribution in [0.4, 0.5) is 0 Å². The summed E-state index contributed by atoms with van der Waals surface area (Å²) in [6.45, 7) is 24.5. The van der Waals surface area contributed by atoms with Gasteiger partial charge in [-0.05, 0) is 40.6 Å². The number of benzene rings is 1. The second-order valence-corrected chi connectivity index (χ2v) is 18.8. The number of halogens is 2. The molecular weight excluding hydrogens is 679 g/mol. The molecule has 0 bridgehead atoms. The van der Waals surface area contributed by atoms with E-state index < -0.39 is 0 Å². The van der Waals surface area contributed by atoms with E-state index in [4.69, 9.17) is 0 Å². The molecular formula is C43H58Cl2Zr-2. The van der Waals surface area contributed by atoms with Gasteiger partial charge >= 0.3 is 41.3 Å². The van der Waals surface area contributed by atoms with Gasteiger partial charge < -0.3 is 24.8 Å². The van der Waals surface area contributed by atoms with Crippen molar-refractivity contribution in [3.05, 3.63) is 100 Å². The maximum atomic E-state index is 2.62. The summed E-state index contributed by atoms with van der Waals surface area (Å²) in [5.74, 6) is 3.13. The Hall–Kier alpha value is -1.01. The molecule has 0 radical (unpaired) electrons. The van der Waals surface area contributed by atoms with E-state index in [2.05, 4.69) is 130 Å². The van der Waals surface area contributed by atoms with E-state index in [1.165, 1.54) is 59.3 Å². The van der Waals surface area contributed by atoms with E-state index in [-0.39, 0.29) is 46.5 Å². The first kappa shape index (κ1) is 39.4. The Kier molecular flexibility index (Phi) is 12.7. The smallest absolute Gasteiger partial charge is 0.0533 e. The number of allylic oxidation sites excluding steroid dienone is 6. The van der Waals surface area contributed by atoms with Crippen molar-refractivity contribution in [2.24, 2.45) is 27.6 Å². The van der Waals surface area contributed by atoms with Crippen molar-refractivity contribution in [3.63, 3.8) is 0 Å². The summed E-state index contributed by atoms with van der Waals surface area (Å²) in [6, 6.07) is 18.0. The average molecular weight is 737 g/mol. The van der Waals surface area contributed by atoms with E-state index in [0.29, 0.717) is 5.92 Å². The van der Waals surface area contributed by atoms with E-state index >= 15 is 0 Å². The minimum Gasteiger partial charge on any atom is -1.00 e. The van der Waals surface area contributed by atoms with Crippen molar-refractivity contribution in [3.8, 4) is 0 Å². The molecule has 0 aromatic heterocycles. The average Bonchev–Trinajstić information content (AvgIpc) is 3.66. The van der Waals surface area contributed by atoms with Gasteiger partial charge in [0.15, 0.2) is 0 Å². The maximum Gasteiger partial charge on any atom is -0.0533 e. The van der Waals surface area contributed by atoms with Gasteiger partial charge in [-0.15, -0.1) is 6.92 Å². The third-order valence-corrected chi connectivity index (χ3v) is 13.6. The Morgan fingerprint density at radius 3 is 2.11 bits per heavy atom. The summed E-state index contributed by atoms with van der Waals surface area (Å²) in [5.41, 5.74) is 11.9. The van der Waals surface area contributed by atoms with Gasteiger partial charge in [-0.3, -0.25) is 0 Å². The fourth-order valence-corrected chi connectivity index (χ4v) is 9.67. The van der Waals surface area contributed by atoms with Gasteiger partial charge in [-0.1, -0.05) is 151 Å². The summed E-state index contributed by atoms with van der Waals surface area (Å²) in [5, 5.41) is 0. The monoisotopic (exact) mass is 734 g/mol. The van der Waals surface area contributed by atoms with Gasteiger partial charge in [0.1, 0.15) is 0 Å². The zero-order valence-corrected chi connectivity index (χ0v) is 34.3. The van der Waals surface area contributed by atoms with Crippen LogP contribution in [0, 0.1) is 33.5 Å². The molecule has 0 nitrogen and oxygen atoms in total. The molecule has 0 spiro atoms. The van der Waals surface area contributed by atoms with Crippen molar-refractivity contribution >= 4 is 8.78 Å². The van der Waals surface area contributed by atoms with Crippen LogP contribution < -0.4 is 24.8 Å². The van der Waals surface area contributed by atoms with Gasteiger partial charge in [0.05, 0.1) is 0 Å². The van der Waals surface area contributed by atoms with E-state index in [0.717, 1.165) is 12.3 Å². The van der Waals surface area contributed by atoms with Crippen LogP contribution in [0.25, 0.3) is 5.57 Å². The van der Waals surface area contributed by atoms with Crippen LogP contribution >= 0.6 is 0 Å². The van der Waals surface area contributed by atoms with Gasteiger partial charge in [-0.2, -0.15) is 34.9 Å².